The number of likely N-dealkylation sites (tertiary alicyclic amines) is 1. The van der Waals surface area contributed by atoms with E-state index in [1.807, 2.05) is 0 Å². The van der Waals surface area contributed by atoms with Crippen molar-refractivity contribution >= 4 is 17.4 Å². The lowest BCUT2D eigenvalue weighted by Gasteiger charge is -2.26. The second-order valence-corrected chi connectivity index (χ2v) is 6.60. The number of carbonyl (C=O) groups is 2. The third-order valence-corrected chi connectivity index (χ3v) is 4.57. The van der Waals surface area contributed by atoms with Crippen LogP contribution in [0.5, 0.6) is 11.5 Å². The molecule has 2 atom stereocenters. The lowest BCUT2D eigenvalue weighted by molar-refractivity contribution is -0.140. The number of nitrogens with zero attached hydrogens (tertiary/aromatic N) is 1. The van der Waals surface area contributed by atoms with Gasteiger partial charge in [0.05, 0.1) is 24.8 Å². The summed E-state index contributed by atoms with van der Waals surface area (Å²) in [5, 5.41) is 30.5. The van der Waals surface area contributed by atoms with Gasteiger partial charge < -0.3 is 25.0 Å². The molecule has 3 N–H and O–H groups in total. The number of aromatic hydroxyl groups is 1. The summed E-state index contributed by atoms with van der Waals surface area (Å²) in [4.78, 5) is 26.6. The number of benzene rings is 2. The molecule has 0 aromatic heterocycles. The number of phenols is 1. The van der Waals surface area contributed by atoms with Crippen molar-refractivity contribution < 1.29 is 29.6 Å². The number of phenolic OH excluding ortho intramolecular Hbond substituents is 1. The number of Topliss-reactive ketones (excluding diaryl/α,β-unsaturated/α-hetero) is 1. The monoisotopic (exact) mass is 383 g/mol. The van der Waals surface area contributed by atoms with Crippen molar-refractivity contribution in [1.82, 2.24) is 4.90 Å². The highest BCUT2D eigenvalue weighted by Crippen LogP contribution is 2.41. The lowest BCUT2D eigenvalue weighted by atomic mass is 9.95. The summed E-state index contributed by atoms with van der Waals surface area (Å²) in [6, 6.07) is 12.0. The molecule has 1 saturated heterocycles. The van der Waals surface area contributed by atoms with Crippen LogP contribution in [0.1, 0.15) is 24.1 Å². The van der Waals surface area contributed by atoms with Crippen LogP contribution in [-0.2, 0) is 9.59 Å². The number of hydrogen-bond acceptors (Lipinski definition) is 6. The fourth-order valence-corrected chi connectivity index (χ4v) is 3.32. The van der Waals surface area contributed by atoms with Gasteiger partial charge in [0.25, 0.3) is 11.7 Å². The third kappa shape index (κ3) is 3.44. The summed E-state index contributed by atoms with van der Waals surface area (Å²) in [5.74, 6) is -1.87. The fraction of sp³-hybridized carbons (Fsp3) is 0.238. The van der Waals surface area contributed by atoms with E-state index in [2.05, 4.69) is 0 Å². The van der Waals surface area contributed by atoms with Gasteiger partial charge in [0.1, 0.15) is 5.76 Å². The van der Waals surface area contributed by atoms with Gasteiger partial charge in [-0.3, -0.25) is 9.59 Å². The van der Waals surface area contributed by atoms with Crippen molar-refractivity contribution in [2.45, 2.75) is 19.1 Å². The molecule has 2 unspecified atom stereocenters. The van der Waals surface area contributed by atoms with E-state index in [1.54, 1.807) is 36.4 Å². The Morgan fingerprint density at radius 2 is 1.86 bits per heavy atom. The minimum absolute atomic E-state index is 0.0791. The van der Waals surface area contributed by atoms with E-state index in [-0.39, 0.29) is 29.4 Å². The maximum Gasteiger partial charge on any atom is 0.295 e. The van der Waals surface area contributed by atoms with Gasteiger partial charge in [-0.05, 0) is 24.6 Å². The van der Waals surface area contributed by atoms with Crippen molar-refractivity contribution in [3.63, 3.8) is 0 Å². The molecule has 28 heavy (non-hydrogen) atoms. The molecule has 146 valence electrons. The Morgan fingerprint density at radius 1 is 1.18 bits per heavy atom. The quantitative estimate of drug-likeness (QED) is 0.415. The first kappa shape index (κ1) is 19.4. The van der Waals surface area contributed by atoms with Crippen LogP contribution in [0.15, 0.2) is 54.1 Å². The number of methoxy groups -OCH3 is 1. The number of hydrogen-bond donors (Lipinski definition) is 3. The molecule has 0 saturated carbocycles. The van der Waals surface area contributed by atoms with E-state index < -0.39 is 23.8 Å². The van der Waals surface area contributed by atoms with Crippen LogP contribution < -0.4 is 4.74 Å². The molecular formula is C21H21NO6. The van der Waals surface area contributed by atoms with Gasteiger partial charge in [0.15, 0.2) is 11.5 Å². The molecule has 1 aliphatic rings. The Kier molecular flexibility index (Phi) is 5.37. The summed E-state index contributed by atoms with van der Waals surface area (Å²) >= 11 is 0. The summed E-state index contributed by atoms with van der Waals surface area (Å²) in [6.07, 6.45) is -0.878. The number of ketones is 1. The van der Waals surface area contributed by atoms with E-state index in [0.717, 1.165) is 0 Å². The van der Waals surface area contributed by atoms with E-state index in [1.165, 1.54) is 31.1 Å². The molecule has 7 heteroatoms. The van der Waals surface area contributed by atoms with Gasteiger partial charge >= 0.3 is 0 Å². The molecule has 1 aliphatic heterocycles. The Morgan fingerprint density at radius 3 is 2.46 bits per heavy atom. The normalized spacial score (nSPS) is 19.7. The summed E-state index contributed by atoms with van der Waals surface area (Å²) < 4.78 is 5.13. The topological polar surface area (TPSA) is 107 Å². The van der Waals surface area contributed by atoms with Crippen molar-refractivity contribution in [2.24, 2.45) is 0 Å². The summed E-state index contributed by atoms with van der Waals surface area (Å²) in [6.45, 7) is 1.41. The highest BCUT2D eigenvalue weighted by atomic mass is 16.5. The van der Waals surface area contributed by atoms with Gasteiger partial charge in [0.2, 0.25) is 0 Å². The molecule has 1 fully saturated rings. The number of ether oxygens (including phenoxy) is 1. The average Bonchev–Trinajstić information content (AvgIpc) is 2.93. The minimum Gasteiger partial charge on any atom is -0.507 e. The molecule has 0 radical (unpaired) electrons. The standard InChI is InChI=1S/C21H21NO6/c1-12(23)11-22-18(14-8-9-15(24)16(10-14)28-2)17(20(26)21(22)27)19(25)13-6-4-3-5-7-13/h3-10,12,18,23-25H,11H2,1-2H3/b19-17-. The van der Waals surface area contributed by atoms with E-state index in [0.29, 0.717) is 11.1 Å². The molecule has 2 aromatic carbocycles. The Balaban J connectivity index is 2.21. The molecule has 2 aromatic rings. The van der Waals surface area contributed by atoms with Crippen molar-refractivity contribution in [1.29, 1.82) is 0 Å². The molecule has 1 heterocycles. The summed E-state index contributed by atoms with van der Waals surface area (Å²) in [7, 11) is 1.38. The SMILES string of the molecule is COc1cc(C2/C(=C(/O)c3ccccc3)C(=O)C(=O)N2CC(C)O)ccc1O. The number of aliphatic hydroxyl groups is 2. The van der Waals surface area contributed by atoms with Crippen LogP contribution in [0, 0.1) is 0 Å². The van der Waals surface area contributed by atoms with Gasteiger partial charge in [-0.15, -0.1) is 0 Å². The van der Waals surface area contributed by atoms with Crippen molar-refractivity contribution in [3.05, 3.63) is 65.2 Å². The molecular weight excluding hydrogens is 362 g/mol. The summed E-state index contributed by atoms with van der Waals surface area (Å²) in [5.41, 5.74) is 0.782. The van der Waals surface area contributed by atoms with E-state index in [9.17, 15) is 24.9 Å². The number of carbonyl (C=O) groups excluding carboxylic acids is 2. The van der Waals surface area contributed by atoms with Crippen molar-refractivity contribution in [3.8, 4) is 11.5 Å². The fourth-order valence-electron chi connectivity index (χ4n) is 3.32. The highest BCUT2D eigenvalue weighted by molar-refractivity contribution is 6.46. The van der Waals surface area contributed by atoms with Crippen LogP contribution >= 0.6 is 0 Å². The van der Waals surface area contributed by atoms with Crippen LogP contribution in [-0.4, -0.2) is 51.7 Å². The second kappa shape index (κ2) is 7.74. The number of β-amino-alcohol motifs (C(OH)–C–C–N with tert-alkyl or cyclic N) is 1. The van der Waals surface area contributed by atoms with Crippen LogP contribution in [0.2, 0.25) is 0 Å². The van der Waals surface area contributed by atoms with Gasteiger partial charge in [-0.2, -0.15) is 0 Å². The zero-order valence-electron chi connectivity index (χ0n) is 15.5. The molecule has 3 rings (SSSR count). The second-order valence-electron chi connectivity index (χ2n) is 6.60. The van der Waals surface area contributed by atoms with Gasteiger partial charge in [-0.1, -0.05) is 36.4 Å². The zero-order valence-corrected chi connectivity index (χ0v) is 15.5. The predicted molar refractivity (Wildman–Crippen MR) is 102 cm³/mol. The maximum absolute atomic E-state index is 12.7. The zero-order chi connectivity index (χ0) is 20.4. The number of rotatable bonds is 5. The molecule has 7 nitrogen and oxygen atoms in total. The molecule has 0 spiro atoms. The first-order valence-corrected chi connectivity index (χ1v) is 8.74. The molecule has 0 aliphatic carbocycles. The van der Waals surface area contributed by atoms with Crippen molar-refractivity contribution in [2.75, 3.05) is 13.7 Å². The van der Waals surface area contributed by atoms with Gasteiger partial charge in [0, 0.05) is 12.1 Å². The largest absolute Gasteiger partial charge is 0.507 e. The van der Waals surface area contributed by atoms with Crippen LogP contribution in [0.3, 0.4) is 0 Å². The van der Waals surface area contributed by atoms with E-state index in [4.69, 9.17) is 4.74 Å². The number of amides is 1. The van der Waals surface area contributed by atoms with Gasteiger partial charge in [-0.25, -0.2) is 0 Å². The Labute approximate surface area is 162 Å². The Bertz CT molecular complexity index is 935. The first-order chi connectivity index (χ1) is 13.3. The van der Waals surface area contributed by atoms with E-state index >= 15 is 0 Å². The van der Waals surface area contributed by atoms with Crippen LogP contribution in [0.25, 0.3) is 5.76 Å². The molecule has 1 amide bonds. The first-order valence-electron chi connectivity index (χ1n) is 8.74. The minimum atomic E-state index is -0.927. The molecule has 0 bridgehead atoms. The average molecular weight is 383 g/mol. The smallest absolute Gasteiger partial charge is 0.295 e. The third-order valence-electron chi connectivity index (χ3n) is 4.57. The highest BCUT2D eigenvalue weighted by Gasteiger charge is 2.46. The number of aliphatic hydroxyl groups excluding tert-OH is 2. The van der Waals surface area contributed by atoms with Crippen LogP contribution in [0.4, 0.5) is 0 Å². The maximum atomic E-state index is 12.7. The predicted octanol–water partition coefficient (Wildman–Crippen LogP) is 2.20. The Hall–Kier alpha value is -3.32. The lowest BCUT2D eigenvalue weighted by Crippen LogP contribution is -2.35.